The van der Waals surface area contributed by atoms with Crippen LogP contribution in [0.1, 0.15) is 26.4 Å². The van der Waals surface area contributed by atoms with E-state index in [9.17, 15) is 14.0 Å². The minimum Gasteiger partial charge on any atom is -0.347 e. The Kier molecular flexibility index (Phi) is 5.68. The first kappa shape index (κ1) is 20.6. The average molecular weight is 437 g/mol. The molecule has 0 saturated heterocycles. The second-order valence-corrected chi connectivity index (χ2v) is 7.37. The maximum atomic E-state index is 13.1. The number of hydrogen-bond acceptors (Lipinski definition) is 3. The molecule has 0 spiro atoms. The van der Waals surface area contributed by atoms with Gasteiger partial charge < -0.3 is 10.2 Å². The van der Waals surface area contributed by atoms with Crippen LogP contribution in [-0.4, -0.2) is 28.2 Å². The number of carbonyl (C=O) groups is 2. The smallest absolute Gasteiger partial charge is 0.270 e. The quantitative estimate of drug-likeness (QED) is 0.506. The SMILES string of the molecule is CN(C(=O)c1ccc(CNC(=O)c2cnc3cc(Cl)ccn23)cc1)c1ccc(F)cc1. The number of amides is 2. The Labute approximate surface area is 182 Å². The molecule has 0 atom stereocenters. The molecule has 0 fully saturated rings. The van der Waals surface area contributed by atoms with Crippen molar-refractivity contribution in [1.82, 2.24) is 14.7 Å². The molecule has 0 aliphatic rings. The van der Waals surface area contributed by atoms with E-state index in [2.05, 4.69) is 10.3 Å². The van der Waals surface area contributed by atoms with Crippen LogP contribution < -0.4 is 10.2 Å². The molecule has 31 heavy (non-hydrogen) atoms. The molecule has 2 aromatic carbocycles. The van der Waals surface area contributed by atoms with Crippen LogP contribution in [0.4, 0.5) is 10.1 Å². The van der Waals surface area contributed by atoms with Gasteiger partial charge in [0.15, 0.2) is 0 Å². The van der Waals surface area contributed by atoms with E-state index in [1.54, 1.807) is 66.2 Å². The Morgan fingerprint density at radius 3 is 2.52 bits per heavy atom. The largest absolute Gasteiger partial charge is 0.347 e. The van der Waals surface area contributed by atoms with E-state index in [1.807, 2.05) is 0 Å². The number of aromatic nitrogens is 2. The van der Waals surface area contributed by atoms with Gasteiger partial charge in [-0.3, -0.25) is 14.0 Å². The maximum Gasteiger partial charge on any atom is 0.270 e. The molecule has 0 saturated carbocycles. The summed E-state index contributed by atoms with van der Waals surface area (Å²) in [7, 11) is 1.63. The fraction of sp³-hybridized carbons (Fsp3) is 0.0870. The number of hydrogen-bond donors (Lipinski definition) is 1. The first-order valence-corrected chi connectivity index (χ1v) is 9.83. The highest BCUT2D eigenvalue weighted by Crippen LogP contribution is 2.17. The van der Waals surface area contributed by atoms with Gasteiger partial charge in [-0.15, -0.1) is 0 Å². The Hall–Kier alpha value is -3.71. The first-order valence-electron chi connectivity index (χ1n) is 9.46. The number of nitrogens with zero attached hydrogens (tertiary/aromatic N) is 3. The second-order valence-electron chi connectivity index (χ2n) is 6.94. The molecule has 156 valence electrons. The molecule has 6 nitrogen and oxygen atoms in total. The van der Waals surface area contributed by atoms with Gasteiger partial charge in [0.2, 0.25) is 0 Å². The summed E-state index contributed by atoms with van der Waals surface area (Å²) in [6, 6.07) is 16.0. The van der Waals surface area contributed by atoms with Gasteiger partial charge in [-0.25, -0.2) is 9.37 Å². The van der Waals surface area contributed by atoms with E-state index in [0.29, 0.717) is 34.2 Å². The normalized spacial score (nSPS) is 10.8. The van der Waals surface area contributed by atoms with Crippen LogP contribution in [0.2, 0.25) is 5.02 Å². The molecule has 4 rings (SSSR count). The molecular formula is C23H18ClFN4O2. The maximum absolute atomic E-state index is 13.1. The number of fused-ring (bicyclic) bond motifs is 1. The van der Waals surface area contributed by atoms with E-state index in [1.165, 1.54) is 23.2 Å². The molecule has 0 bridgehead atoms. The topological polar surface area (TPSA) is 66.7 Å². The molecule has 0 radical (unpaired) electrons. The van der Waals surface area contributed by atoms with Crippen molar-refractivity contribution >= 4 is 34.7 Å². The Balaban J connectivity index is 1.40. The van der Waals surface area contributed by atoms with Crippen molar-refractivity contribution in [3.05, 3.63) is 101 Å². The fourth-order valence-corrected chi connectivity index (χ4v) is 3.29. The highest BCUT2D eigenvalue weighted by Gasteiger charge is 2.15. The number of halogens is 2. The van der Waals surface area contributed by atoms with Gasteiger partial charge in [0, 0.05) is 42.1 Å². The van der Waals surface area contributed by atoms with E-state index in [4.69, 9.17) is 11.6 Å². The molecule has 2 heterocycles. The van der Waals surface area contributed by atoms with E-state index < -0.39 is 0 Å². The van der Waals surface area contributed by atoms with Crippen LogP contribution in [-0.2, 0) is 6.54 Å². The summed E-state index contributed by atoms with van der Waals surface area (Å²) in [6.07, 6.45) is 3.19. The zero-order valence-corrected chi connectivity index (χ0v) is 17.3. The number of benzene rings is 2. The molecule has 2 amide bonds. The van der Waals surface area contributed by atoms with Crippen LogP contribution in [0, 0.1) is 5.82 Å². The van der Waals surface area contributed by atoms with E-state index in [0.717, 1.165) is 5.56 Å². The Morgan fingerprint density at radius 2 is 1.81 bits per heavy atom. The van der Waals surface area contributed by atoms with Crippen molar-refractivity contribution in [3.63, 3.8) is 0 Å². The third-order valence-electron chi connectivity index (χ3n) is 4.88. The second kappa shape index (κ2) is 8.57. The van der Waals surface area contributed by atoms with Gasteiger partial charge in [-0.05, 0) is 48.0 Å². The van der Waals surface area contributed by atoms with Gasteiger partial charge in [-0.1, -0.05) is 23.7 Å². The summed E-state index contributed by atoms with van der Waals surface area (Å²) in [5, 5.41) is 3.39. The van der Waals surface area contributed by atoms with Gasteiger partial charge in [0.05, 0.1) is 6.20 Å². The molecular weight excluding hydrogens is 419 g/mol. The van der Waals surface area contributed by atoms with Crippen molar-refractivity contribution < 1.29 is 14.0 Å². The average Bonchev–Trinajstić information content (AvgIpc) is 3.20. The number of pyridine rings is 1. The lowest BCUT2D eigenvalue weighted by atomic mass is 10.1. The van der Waals surface area contributed by atoms with Gasteiger partial charge in [0.25, 0.3) is 11.8 Å². The summed E-state index contributed by atoms with van der Waals surface area (Å²) >= 11 is 5.95. The highest BCUT2D eigenvalue weighted by atomic mass is 35.5. The summed E-state index contributed by atoms with van der Waals surface area (Å²) in [5.74, 6) is -0.846. The lowest BCUT2D eigenvalue weighted by Crippen LogP contribution is -2.26. The summed E-state index contributed by atoms with van der Waals surface area (Å²) in [4.78, 5) is 30.8. The molecule has 8 heteroatoms. The summed E-state index contributed by atoms with van der Waals surface area (Å²) in [6.45, 7) is 0.294. The van der Waals surface area contributed by atoms with Crippen molar-refractivity contribution in [3.8, 4) is 0 Å². The van der Waals surface area contributed by atoms with Gasteiger partial charge in [-0.2, -0.15) is 0 Å². The van der Waals surface area contributed by atoms with Crippen molar-refractivity contribution in [2.24, 2.45) is 0 Å². The van der Waals surface area contributed by atoms with Crippen molar-refractivity contribution in [1.29, 1.82) is 0 Å². The molecule has 2 aromatic heterocycles. The number of carbonyl (C=O) groups excluding carboxylic acids is 2. The number of anilines is 1. The highest BCUT2D eigenvalue weighted by molar-refractivity contribution is 6.30. The van der Waals surface area contributed by atoms with Crippen molar-refractivity contribution in [2.75, 3.05) is 11.9 Å². The minimum atomic E-state index is -0.358. The Morgan fingerprint density at radius 1 is 1.10 bits per heavy atom. The molecule has 0 aliphatic heterocycles. The molecule has 4 aromatic rings. The van der Waals surface area contributed by atoms with Crippen LogP contribution in [0.5, 0.6) is 0 Å². The lowest BCUT2D eigenvalue weighted by Gasteiger charge is -2.17. The zero-order valence-electron chi connectivity index (χ0n) is 16.5. The van der Waals surface area contributed by atoms with Gasteiger partial charge in [0.1, 0.15) is 17.2 Å². The van der Waals surface area contributed by atoms with Crippen LogP contribution >= 0.6 is 11.6 Å². The predicted octanol–water partition coefficient (Wildman–Crippen LogP) is 4.33. The molecule has 0 aliphatic carbocycles. The van der Waals surface area contributed by atoms with Crippen LogP contribution in [0.25, 0.3) is 5.65 Å². The number of imidazole rings is 1. The van der Waals surface area contributed by atoms with Gasteiger partial charge >= 0.3 is 0 Å². The standard InChI is InChI=1S/C23H18ClFN4O2/c1-28(19-8-6-18(25)7-9-19)23(31)16-4-2-15(3-5-16)13-27-22(30)20-14-26-21-12-17(24)10-11-29(20)21/h2-12,14H,13H2,1H3,(H,27,30). The van der Waals surface area contributed by atoms with Crippen LogP contribution in [0.15, 0.2) is 73.1 Å². The summed E-state index contributed by atoms with van der Waals surface area (Å²) < 4.78 is 14.7. The fourth-order valence-electron chi connectivity index (χ4n) is 3.14. The van der Waals surface area contributed by atoms with E-state index in [-0.39, 0.29) is 17.6 Å². The number of nitrogens with one attached hydrogen (secondary N) is 1. The van der Waals surface area contributed by atoms with Crippen LogP contribution in [0.3, 0.4) is 0 Å². The lowest BCUT2D eigenvalue weighted by molar-refractivity contribution is 0.0943. The molecule has 0 unspecified atom stereocenters. The summed E-state index contributed by atoms with van der Waals surface area (Å²) in [5.41, 5.74) is 2.91. The first-order chi connectivity index (χ1) is 14.9. The minimum absolute atomic E-state index is 0.216. The third kappa shape index (κ3) is 4.41. The number of rotatable bonds is 5. The predicted molar refractivity (Wildman–Crippen MR) is 117 cm³/mol. The van der Waals surface area contributed by atoms with Crippen molar-refractivity contribution in [2.45, 2.75) is 6.54 Å². The monoisotopic (exact) mass is 436 g/mol. The zero-order chi connectivity index (χ0) is 22.0. The Bertz CT molecular complexity index is 1250. The van der Waals surface area contributed by atoms with E-state index >= 15 is 0 Å². The molecule has 1 N–H and O–H groups in total. The third-order valence-corrected chi connectivity index (χ3v) is 5.12.